The molecule has 3 aromatic rings. The number of halogens is 3. The number of imide groups is 2. The van der Waals surface area contributed by atoms with E-state index in [1.807, 2.05) is 49.3 Å². The average Bonchev–Trinajstić information content (AvgIpc) is 3.45. The zero-order chi connectivity index (χ0) is 35.7. The van der Waals surface area contributed by atoms with E-state index in [1.54, 1.807) is 30.3 Å². The fraction of sp³-hybridized carbons (Fsp3) is 0.333. The van der Waals surface area contributed by atoms with E-state index in [4.69, 9.17) is 27.9 Å². The van der Waals surface area contributed by atoms with Crippen LogP contribution in [0.25, 0.3) is 0 Å². The van der Waals surface area contributed by atoms with Gasteiger partial charge in [0.1, 0.15) is 11.5 Å². The van der Waals surface area contributed by atoms with Gasteiger partial charge in [-0.1, -0.05) is 33.6 Å². The second kappa shape index (κ2) is 12.5. The molecule has 7 rings (SSSR count). The lowest BCUT2D eigenvalue weighted by atomic mass is 9.56. The lowest BCUT2D eigenvalue weighted by Crippen LogP contribution is -2.60. The van der Waals surface area contributed by atoms with Crippen LogP contribution in [0, 0.1) is 17.8 Å². The van der Waals surface area contributed by atoms with E-state index in [2.05, 4.69) is 26.2 Å². The van der Waals surface area contributed by atoms with Crippen LogP contribution < -0.4 is 14.5 Å². The summed E-state index contributed by atoms with van der Waals surface area (Å²) in [5.74, 6) is -5.33. The first kappa shape index (κ1) is 34.2. The number of hydrogen-bond acceptors (Lipinski definition) is 9. The Kier molecular flexibility index (Phi) is 8.55. The van der Waals surface area contributed by atoms with Crippen LogP contribution in [0.15, 0.2) is 88.6 Å². The maximum atomic E-state index is 14.4. The highest BCUT2D eigenvalue weighted by molar-refractivity contribution is 9.09. The minimum Gasteiger partial charge on any atom is -0.508 e. The smallest absolute Gasteiger partial charge is 0.254 e. The molecule has 2 heterocycles. The second-order valence-electron chi connectivity index (χ2n) is 13.1. The molecule has 0 aromatic heterocycles. The van der Waals surface area contributed by atoms with Crippen LogP contribution in [-0.2, 0) is 19.2 Å². The molecule has 4 amide bonds. The van der Waals surface area contributed by atoms with E-state index in [9.17, 15) is 24.3 Å². The SMILES string of the molecule is COc1cc(O)ccc1C1C2=CCC3C(=O)N(c4ccc(N=Nc5ccc(N(C)C)cc5)cc4)C(=O)C3C2CC2(Cl)C(=O)N(CBr)C(=O)C12Cl. The zero-order valence-corrected chi connectivity index (χ0v) is 30.3. The monoisotopic (exact) mass is 779 g/mol. The van der Waals surface area contributed by atoms with Crippen molar-refractivity contribution in [2.24, 2.45) is 28.0 Å². The van der Waals surface area contributed by atoms with Crippen LogP contribution in [0.5, 0.6) is 11.5 Å². The number of phenols is 1. The Balaban J connectivity index is 1.23. The summed E-state index contributed by atoms with van der Waals surface area (Å²) in [4.78, 5) is 56.4. The standard InChI is InChI=1S/C36H32BrCl2N5O6/c1-42(2)21-8-4-19(5-9-21)40-41-20-6-10-22(11-7-20)44-31(46)26-15-14-24-27(29(26)32(44)47)17-35(38)33(48)43(18-37)34(49)36(35,39)30(24)25-13-12-23(45)16-28(25)50-3/h4-14,16,26-27,29-30,45H,15,17-18H2,1-3H3. The van der Waals surface area contributed by atoms with Gasteiger partial charge in [0.15, 0.2) is 9.75 Å². The van der Waals surface area contributed by atoms with Crippen molar-refractivity contribution < 1.29 is 29.0 Å². The molecule has 3 fully saturated rings. The van der Waals surface area contributed by atoms with Crippen molar-refractivity contribution in [2.75, 3.05) is 36.5 Å². The van der Waals surface area contributed by atoms with Gasteiger partial charge in [0.2, 0.25) is 11.8 Å². The van der Waals surface area contributed by atoms with E-state index in [0.717, 1.165) is 10.6 Å². The number of ether oxygens (including phenoxy) is 1. The number of amides is 4. The summed E-state index contributed by atoms with van der Waals surface area (Å²) in [7, 11) is 5.32. The molecule has 50 heavy (non-hydrogen) atoms. The van der Waals surface area contributed by atoms with E-state index in [0.29, 0.717) is 28.2 Å². The van der Waals surface area contributed by atoms with E-state index in [1.165, 1.54) is 24.1 Å². The summed E-state index contributed by atoms with van der Waals surface area (Å²) >= 11 is 17.8. The molecule has 0 radical (unpaired) electrons. The van der Waals surface area contributed by atoms with Crippen molar-refractivity contribution in [2.45, 2.75) is 28.5 Å². The molecule has 1 N–H and O–H groups in total. The van der Waals surface area contributed by atoms with Gasteiger partial charge in [-0.15, -0.1) is 23.2 Å². The number of aromatic hydroxyl groups is 1. The van der Waals surface area contributed by atoms with Gasteiger partial charge in [0.25, 0.3) is 11.8 Å². The molecule has 14 heteroatoms. The highest BCUT2D eigenvalue weighted by Crippen LogP contribution is 2.66. The number of alkyl halides is 3. The summed E-state index contributed by atoms with van der Waals surface area (Å²) in [5, 5.41) is 18.8. The predicted molar refractivity (Wildman–Crippen MR) is 192 cm³/mol. The van der Waals surface area contributed by atoms with Crippen molar-refractivity contribution in [3.05, 3.63) is 83.9 Å². The van der Waals surface area contributed by atoms with Crippen molar-refractivity contribution in [3.8, 4) is 11.5 Å². The number of nitrogens with zero attached hydrogens (tertiary/aromatic N) is 5. The molecule has 6 unspecified atom stereocenters. The number of methoxy groups -OCH3 is 1. The molecule has 11 nitrogen and oxygen atoms in total. The minimum absolute atomic E-state index is 0.0781. The summed E-state index contributed by atoms with van der Waals surface area (Å²) in [5.41, 5.74) is 3.53. The Morgan fingerprint density at radius 2 is 1.56 bits per heavy atom. The van der Waals surface area contributed by atoms with Crippen LogP contribution in [0.4, 0.5) is 22.7 Å². The minimum atomic E-state index is -1.98. The highest BCUT2D eigenvalue weighted by Gasteiger charge is 2.76. The fourth-order valence-electron chi connectivity index (χ4n) is 7.89. The van der Waals surface area contributed by atoms with Gasteiger partial charge in [0, 0.05) is 37.3 Å². The molecule has 2 saturated heterocycles. The van der Waals surface area contributed by atoms with Gasteiger partial charge in [-0.25, -0.2) is 0 Å². The number of carbonyl (C=O) groups excluding carboxylic acids is 4. The van der Waals surface area contributed by atoms with Crippen LogP contribution in [0.3, 0.4) is 0 Å². The number of phenolic OH excluding ortho intramolecular Hbond substituents is 1. The Morgan fingerprint density at radius 3 is 2.16 bits per heavy atom. The second-order valence-corrected chi connectivity index (χ2v) is 14.8. The van der Waals surface area contributed by atoms with Crippen LogP contribution >= 0.6 is 39.1 Å². The van der Waals surface area contributed by atoms with E-state index < -0.39 is 51.1 Å². The molecule has 258 valence electrons. The normalized spacial score (nSPS) is 28.9. The third-order valence-corrected chi connectivity index (χ3v) is 12.2. The van der Waals surface area contributed by atoms with Gasteiger partial charge >= 0.3 is 0 Å². The Labute approximate surface area is 306 Å². The van der Waals surface area contributed by atoms with E-state index >= 15 is 0 Å². The third-order valence-electron chi connectivity index (χ3n) is 10.3. The van der Waals surface area contributed by atoms with Crippen molar-refractivity contribution >= 4 is 85.5 Å². The fourth-order valence-corrected chi connectivity index (χ4v) is 9.31. The van der Waals surface area contributed by atoms with Crippen LogP contribution in [-0.4, -0.2) is 70.0 Å². The van der Waals surface area contributed by atoms with Crippen LogP contribution in [0.2, 0.25) is 0 Å². The number of anilines is 2. The molecule has 6 atom stereocenters. The maximum Gasteiger partial charge on any atom is 0.254 e. The first-order valence-corrected chi connectivity index (χ1v) is 17.8. The molecular formula is C36H32BrCl2N5O6. The Bertz CT molecular complexity index is 1990. The summed E-state index contributed by atoms with van der Waals surface area (Å²) in [6.07, 6.45) is 1.92. The molecule has 1 saturated carbocycles. The lowest BCUT2D eigenvalue weighted by molar-refractivity contribution is -0.138. The highest BCUT2D eigenvalue weighted by atomic mass is 79.9. The predicted octanol–water partition coefficient (Wildman–Crippen LogP) is 6.80. The van der Waals surface area contributed by atoms with Crippen molar-refractivity contribution in [1.29, 1.82) is 0 Å². The number of azo groups is 1. The Morgan fingerprint density at radius 1 is 0.920 bits per heavy atom. The summed E-state index contributed by atoms with van der Waals surface area (Å²) < 4.78 is 5.61. The molecule has 0 bridgehead atoms. The molecule has 0 spiro atoms. The number of carbonyl (C=O) groups is 4. The van der Waals surface area contributed by atoms with Gasteiger partial charge < -0.3 is 14.7 Å². The maximum absolute atomic E-state index is 14.4. The van der Waals surface area contributed by atoms with E-state index in [-0.39, 0.29) is 35.7 Å². The largest absolute Gasteiger partial charge is 0.508 e. The van der Waals surface area contributed by atoms with Crippen molar-refractivity contribution in [3.63, 3.8) is 0 Å². The quantitative estimate of drug-likeness (QED) is 0.0918. The third kappa shape index (κ3) is 4.97. The number of hydrogen-bond donors (Lipinski definition) is 1. The molecule has 2 aliphatic carbocycles. The average molecular weight is 781 g/mol. The number of fused-ring (bicyclic) bond motifs is 4. The number of benzene rings is 3. The molecular weight excluding hydrogens is 749 g/mol. The Hall–Kier alpha value is -4.26. The van der Waals surface area contributed by atoms with Gasteiger partial charge in [0.05, 0.1) is 41.5 Å². The van der Waals surface area contributed by atoms with Crippen LogP contribution in [0.1, 0.15) is 24.3 Å². The first-order chi connectivity index (χ1) is 23.8. The number of allylic oxidation sites excluding steroid dienone is 2. The van der Waals surface area contributed by atoms with Gasteiger partial charge in [-0.05, 0) is 73.4 Å². The van der Waals surface area contributed by atoms with Gasteiger partial charge in [-0.2, -0.15) is 10.2 Å². The van der Waals surface area contributed by atoms with Crippen molar-refractivity contribution in [1.82, 2.24) is 4.90 Å². The lowest BCUT2D eigenvalue weighted by Gasteiger charge is -2.50. The van der Waals surface area contributed by atoms with Gasteiger partial charge in [-0.3, -0.25) is 29.0 Å². The summed E-state index contributed by atoms with van der Waals surface area (Å²) in [6.45, 7) is 0. The summed E-state index contributed by atoms with van der Waals surface area (Å²) in [6, 6.07) is 18.7. The molecule has 3 aromatic carbocycles. The number of likely N-dealkylation sites (tertiary alicyclic amines) is 1. The first-order valence-electron chi connectivity index (χ1n) is 15.9. The molecule has 4 aliphatic rings. The molecule has 2 aliphatic heterocycles. The zero-order valence-electron chi connectivity index (χ0n) is 27.2. The number of rotatable bonds is 7. The topological polar surface area (TPSA) is 132 Å².